The molecular weight excluding hydrogens is 1340 g/mol. The Balaban J connectivity index is 5.25. The van der Waals surface area contributed by atoms with Gasteiger partial charge < -0.3 is 33.8 Å². The third kappa shape index (κ3) is 78.0. The summed E-state index contributed by atoms with van der Waals surface area (Å²) in [5.74, 6) is -2.10. The number of carbonyl (C=O) groups is 4. The fourth-order valence-corrected chi connectivity index (χ4v) is 14.7. The number of phosphoric ester groups is 2. The lowest BCUT2D eigenvalue weighted by atomic mass is 10.0. The molecule has 0 bridgehead atoms. The lowest BCUT2D eigenvalue weighted by molar-refractivity contribution is -0.161. The molecule has 2 unspecified atom stereocenters. The zero-order chi connectivity index (χ0) is 75.3. The van der Waals surface area contributed by atoms with Gasteiger partial charge in [0.15, 0.2) is 12.2 Å². The summed E-state index contributed by atoms with van der Waals surface area (Å²) in [6.07, 6.45) is 72.0. The molecular formula is C84H164O17P2. The van der Waals surface area contributed by atoms with E-state index in [0.29, 0.717) is 25.7 Å². The molecule has 17 nitrogen and oxygen atoms in total. The molecule has 0 aliphatic rings. The van der Waals surface area contributed by atoms with Crippen LogP contribution in [0.3, 0.4) is 0 Å². The fraction of sp³-hybridized carbons (Fsp3) is 0.952. The molecule has 0 saturated heterocycles. The van der Waals surface area contributed by atoms with Gasteiger partial charge in [-0.3, -0.25) is 37.3 Å². The van der Waals surface area contributed by atoms with Crippen molar-refractivity contribution in [2.24, 2.45) is 0 Å². The monoisotopic (exact) mass is 1510 g/mol. The highest BCUT2D eigenvalue weighted by Gasteiger charge is 2.30. The van der Waals surface area contributed by atoms with Gasteiger partial charge in [0.05, 0.1) is 26.4 Å². The number of aliphatic hydroxyl groups excluding tert-OH is 1. The predicted octanol–water partition coefficient (Wildman–Crippen LogP) is 25.7. The summed E-state index contributed by atoms with van der Waals surface area (Å²) in [5, 5.41) is 10.7. The summed E-state index contributed by atoms with van der Waals surface area (Å²) in [4.78, 5) is 73.2. The fourth-order valence-electron chi connectivity index (χ4n) is 13.2. The molecule has 0 spiro atoms. The van der Waals surface area contributed by atoms with Gasteiger partial charge >= 0.3 is 39.5 Å². The lowest BCUT2D eigenvalue weighted by Crippen LogP contribution is -2.30. The van der Waals surface area contributed by atoms with E-state index in [-0.39, 0.29) is 25.7 Å². The number of unbranched alkanes of at least 4 members (excludes halogenated alkanes) is 59. The van der Waals surface area contributed by atoms with Crippen molar-refractivity contribution in [3.63, 3.8) is 0 Å². The molecule has 612 valence electrons. The largest absolute Gasteiger partial charge is 0.472 e. The van der Waals surface area contributed by atoms with E-state index >= 15 is 0 Å². The van der Waals surface area contributed by atoms with Crippen LogP contribution in [-0.2, 0) is 65.4 Å². The first kappa shape index (κ1) is 101. The first-order chi connectivity index (χ1) is 50.2. The molecule has 3 N–H and O–H groups in total. The van der Waals surface area contributed by atoms with E-state index < -0.39 is 97.5 Å². The molecule has 0 aromatic rings. The van der Waals surface area contributed by atoms with Gasteiger partial charge in [-0.25, -0.2) is 9.13 Å². The van der Waals surface area contributed by atoms with Crippen LogP contribution < -0.4 is 0 Å². The van der Waals surface area contributed by atoms with E-state index in [9.17, 15) is 43.2 Å². The van der Waals surface area contributed by atoms with Gasteiger partial charge in [-0.05, 0) is 25.7 Å². The molecule has 0 saturated carbocycles. The number of aliphatic hydroxyl groups is 1. The third-order valence-electron chi connectivity index (χ3n) is 19.9. The Kier molecular flexibility index (Phi) is 76.7. The third-order valence-corrected chi connectivity index (χ3v) is 21.8. The van der Waals surface area contributed by atoms with Crippen molar-refractivity contribution in [2.45, 2.75) is 476 Å². The van der Waals surface area contributed by atoms with Crippen LogP contribution in [0.2, 0.25) is 0 Å². The minimum absolute atomic E-state index is 0.109. The topological polar surface area (TPSA) is 237 Å². The number of rotatable bonds is 85. The van der Waals surface area contributed by atoms with Crippen molar-refractivity contribution in [1.82, 2.24) is 0 Å². The summed E-state index contributed by atoms with van der Waals surface area (Å²) in [6.45, 7) is 5.06. The molecule has 0 rings (SSSR count). The number of ether oxygens (including phenoxy) is 4. The molecule has 0 aromatic heterocycles. The highest BCUT2D eigenvalue weighted by Crippen LogP contribution is 2.45. The quantitative estimate of drug-likeness (QED) is 0.0222. The maximum absolute atomic E-state index is 13.1. The summed E-state index contributed by atoms with van der Waals surface area (Å²) in [7, 11) is -9.92. The van der Waals surface area contributed by atoms with Crippen LogP contribution in [0.4, 0.5) is 0 Å². The number of hydrogen-bond acceptors (Lipinski definition) is 15. The standard InChI is InChI=1S/C84H164O17P2/c1-5-9-13-17-21-25-29-33-36-38-40-43-45-49-53-57-61-65-69-82(87)95-75-80(101-84(89)71-67-63-59-55-51-47-44-41-39-37-34-30-26-22-18-14-10-6-2)77-99-103(92,93)97-73-78(85)72-96-102(90,91)98-76-79(74-94-81(86)68-64-60-56-52-48-32-28-24-20-16-12-8-4)100-83(88)70-66-62-58-54-50-46-42-35-31-27-23-19-15-11-7-3/h78-80,85H,5-77H2,1-4H3,(H,90,91)(H,92,93)/t78-,79+,80+/m0/s1. The Labute approximate surface area is 632 Å². The first-order valence-electron chi connectivity index (χ1n) is 43.8. The molecule has 103 heavy (non-hydrogen) atoms. The SMILES string of the molecule is CCCCCCCCCCCCCCCCCCCCC(=O)OC[C@H](COP(=O)(O)OC[C@@H](O)COP(=O)(O)OC[C@@H](COC(=O)CCCCCCCCCCCCCC)OC(=O)CCCCCCCCCCCCCCCCC)OC(=O)CCCCCCCCCCCCCCCCCCCC. The normalized spacial score (nSPS) is 13.7. The van der Waals surface area contributed by atoms with E-state index in [0.717, 1.165) is 89.9 Å². The number of hydrogen-bond donors (Lipinski definition) is 3. The molecule has 0 fully saturated rings. The van der Waals surface area contributed by atoms with Crippen molar-refractivity contribution >= 4 is 39.5 Å². The second kappa shape index (κ2) is 78.2. The minimum atomic E-state index is -4.96. The second-order valence-corrected chi connectivity index (χ2v) is 33.1. The van der Waals surface area contributed by atoms with Gasteiger partial charge in [-0.15, -0.1) is 0 Å². The zero-order valence-corrected chi connectivity index (χ0v) is 69.1. The van der Waals surface area contributed by atoms with Gasteiger partial charge in [0.1, 0.15) is 19.3 Å². The molecule has 0 heterocycles. The summed E-state index contributed by atoms with van der Waals surface area (Å²) in [5.41, 5.74) is 0. The van der Waals surface area contributed by atoms with Gasteiger partial charge in [-0.2, -0.15) is 0 Å². The van der Waals surface area contributed by atoms with Gasteiger partial charge in [0.2, 0.25) is 0 Å². The Bertz CT molecular complexity index is 1950. The minimum Gasteiger partial charge on any atom is -0.462 e. The Hall–Kier alpha value is -1.94. The van der Waals surface area contributed by atoms with Crippen LogP contribution in [0.1, 0.15) is 458 Å². The van der Waals surface area contributed by atoms with Crippen LogP contribution >= 0.6 is 15.6 Å². The first-order valence-corrected chi connectivity index (χ1v) is 46.8. The van der Waals surface area contributed by atoms with E-state index in [1.807, 2.05) is 0 Å². The van der Waals surface area contributed by atoms with E-state index in [4.69, 9.17) is 37.0 Å². The van der Waals surface area contributed by atoms with Crippen LogP contribution in [-0.4, -0.2) is 96.7 Å². The maximum Gasteiger partial charge on any atom is 0.472 e. The molecule has 0 aromatic carbocycles. The zero-order valence-electron chi connectivity index (χ0n) is 67.3. The van der Waals surface area contributed by atoms with E-state index in [1.54, 1.807) is 0 Å². The van der Waals surface area contributed by atoms with Crippen LogP contribution in [0.5, 0.6) is 0 Å². The van der Waals surface area contributed by atoms with Crippen LogP contribution in [0, 0.1) is 0 Å². The second-order valence-electron chi connectivity index (χ2n) is 30.2. The summed E-state index contributed by atoms with van der Waals surface area (Å²) in [6, 6.07) is 0. The highest BCUT2D eigenvalue weighted by atomic mass is 31.2. The lowest BCUT2D eigenvalue weighted by Gasteiger charge is -2.21. The van der Waals surface area contributed by atoms with E-state index in [1.165, 1.54) is 289 Å². The van der Waals surface area contributed by atoms with Crippen LogP contribution in [0.15, 0.2) is 0 Å². The van der Waals surface area contributed by atoms with Crippen molar-refractivity contribution in [3.05, 3.63) is 0 Å². The summed E-state index contributed by atoms with van der Waals surface area (Å²) >= 11 is 0. The van der Waals surface area contributed by atoms with E-state index in [2.05, 4.69) is 27.7 Å². The average Bonchev–Trinajstić information content (AvgIpc) is 0.912. The Morgan fingerprint density at radius 3 is 0.573 bits per heavy atom. The van der Waals surface area contributed by atoms with Gasteiger partial charge in [0.25, 0.3) is 0 Å². The maximum atomic E-state index is 13.1. The molecule has 0 amide bonds. The average molecular weight is 1510 g/mol. The smallest absolute Gasteiger partial charge is 0.462 e. The van der Waals surface area contributed by atoms with Crippen molar-refractivity contribution < 1.29 is 80.2 Å². The Morgan fingerprint density at radius 2 is 0.388 bits per heavy atom. The van der Waals surface area contributed by atoms with Crippen LogP contribution in [0.25, 0.3) is 0 Å². The molecule has 0 aliphatic carbocycles. The summed E-state index contributed by atoms with van der Waals surface area (Å²) < 4.78 is 68.9. The molecule has 19 heteroatoms. The van der Waals surface area contributed by atoms with Crippen molar-refractivity contribution in [1.29, 1.82) is 0 Å². The number of phosphoric acid groups is 2. The molecule has 0 aliphatic heterocycles. The van der Waals surface area contributed by atoms with Crippen molar-refractivity contribution in [3.8, 4) is 0 Å². The van der Waals surface area contributed by atoms with Gasteiger partial charge in [-0.1, -0.05) is 407 Å². The van der Waals surface area contributed by atoms with Crippen molar-refractivity contribution in [2.75, 3.05) is 39.6 Å². The number of carbonyl (C=O) groups excluding carboxylic acids is 4. The molecule has 5 atom stereocenters. The van der Waals surface area contributed by atoms with Gasteiger partial charge in [0, 0.05) is 25.7 Å². The number of esters is 4. The highest BCUT2D eigenvalue weighted by molar-refractivity contribution is 7.47. The predicted molar refractivity (Wildman–Crippen MR) is 423 cm³/mol. The Morgan fingerprint density at radius 1 is 0.233 bits per heavy atom. The molecule has 0 radical (unpaired) electrons.